The lowest BCUT2D eigenvalue weighted by Crippen LogP contribution is -2.52. The van der Waals surface area contributed by atoms with Crippen molar-refractivity contribution >= 4 is 17.7 Å². The molecule has 1 aromatic heterocycles. The summed E-state index contributed by atoms with van der Waals surface area (Å²) in [5.41, 5.74) is 6.84. The van der Waals surface area contributed by atoms with E-state index in [9.17, 15) is 4.79 Å². The molecular weight excluding hydrogens is 340 g/mol. The number of anilines is 1. The Labute approximate surface area is 159 Å². The minimum absolute atomic E-state index is 0.418. The smallest absolute Gasteiger partial charge is 0.248 e. The summed E-state index contributed by atoms with van der Waals surface area (Å²) in [5, 5.41) is 3.36. The predicted octanol–water partition coefficient (Wildman–Crippen LogP) is 1.47. The Morgan fingerprint density at radius 2 is 2.00 bits per heavy atom. The molecule has 7 heteroatoms. The van der Waals surface area contributed by atoms with Crippen LogP contribution in [0.4, 0.5) is 5.82 Å². The molecule has 0 radical (unpaired) electrons. The molecular formula is C20H26N6O. The Kier molecular flexibility index (Phi) is 6.25. The lowest BCUT2D eigenvalue weighted by atomic mass is 10.1. The zero-order chi connectivity index (χ0) is 19.1. The second-order valence-electron chi connectivity index (χ2n) is 6.40. The number of hydrogen-bond acceptors (Lipinski definition) is 4. The second kappa shape index (κ2) is 9.02. The van der Waals surface area contributed by atoms with Gasteiger partial charge in [0.15, 0.2) is 5.96 Å². The van der Waals surface area contributed by atoms with Crippen LogP contribution in [0.25, 0.3) is 0 Å². The van der Waals surface area contributed by atoms with Crippen LogP contribution in [0.2, 0.25) is 0 Å². The quantitative estimate of drug-likeness (QED) is 0.618. The van der Waals surface area contributed by atoms with E-state index >= 15 is 0 Å². The molecule has 0 aliphatic carbocycles. The maximum Gasteiger partial charge on any atom is 0.248 e. The lowest BCUT2D eigenvalue weighted by molar-refractivity contribution is 0.1000. The zero-order valence-corrected chi connectivity index (χ0v) is 15.6. The number of piperazine rings is 1. The van der Waals surface area contributed by atoms with Gasteiger partial charge in [-0.15, -0.1) is 0 Å². The van der Waals surface area contributed by atoms with Crippen LogP contribution in [0.5, 0.6) is 0 Å². The average Bonchev–Trinajstić information content (AvgIpc) is 2.72. The molecule has 2 aromatic rings. The third kappa shape index (κ3) is 4.97. The maximum absolute atomic E-state index is 11.3. The van der Waals surface area contributed by atoms with Gasteiger partial charge in [0.2, 0.25) is 5.91 Å². The Morgan fingerprint density at radius 3 is 2.67 bits per heavy atom. The van der Waals surface area contributed by atoms with Gasteiger partial charge in [0.1, 0.15) is 5.82 Å². The van der Waals surface area contributed by atoms with Gasteiger partial charge in [0, 0.05) is 44.5 Å². The molecule has 142 valence electrons. The number of guanidine groups is 1. The van der Waals surface area contributed by atoms with Crippen LogP contribution in [0.1, 0.15) is 22.8 Å². The summed E-state index contributed by atoms with van der Waals surface area (Å²) >= 11 is 0. The number of nitrogens with zero attached hydrogens (tertiary/aromatic N) is 4. The van der Waals surface area contributed by atoms with Crippen molar-refractivity contribution in [3.8, 4) is 0 Å². The average molecular weight is 366 g/mol. The number of carbonyl (C=O) groups excluding carboxylic acids is 1. The fraction of sp³-hybridized carbons (Fsp3) is 0.350. The number of amides is 1. The molecule has 7 nitrogen and oxygen atoms in total. The number of aromatic nitrogens is 1. The second-order valence-corrected chi connectivity index (χ2v) is 6.40. The van der Waals surface area contributed by atoms with Gasteiger partial charge in [-0.05, 0) is 36.8 Å². The van der Waals surface area contributed by atoms with Crippen LogP contribution in [-0.4, -0.2) is 54.5 Å². The predicted molar refractivity (Wildman–Crippen MR) is 108 cm³/mol. The number of hydrogen-bond donors (Lipinski definition) is 2. The number of nitrogens with two attached hydrogens (primary N) is 1. The van der Waals surface area contributed by atoms with E-state index in [2.05, 4.69) is 27.0 Å². The Bertz CT molecular complexity index is 784. The van der Waals surface area contributed by atoms with E-state index in [1.807, 2.05) is 36.5 Å². The molecule has 1 saturated heterocycles. The third-order valence-corrected chi connectivity index (χ3v) is 4.51. The van der Waals surface area contributed by atoms with Crippen LogP contribution in [0, 0.1) is 0 Å². The van der Waals surface area contributed by atoms with Crippen molar-refractivity contribution in [3.05, 3.63) is 59.8 Å². The molecule has 0 unspecified atom stereocenters. The highest BCUT2D eigenvalue weighted by Gasteiger charge is 2.20. The van der Waals surface area contributed by atoms with Gasteiger partial charge < -0.3 is 20.9 Å². The van der Waals surface area contributed by atoms with Gasteiger partial charge in [-0.2, -0.15) is 0 Å². The van der Waals surface area contributed by atoms with E-state index in [0.717, 1.165) is 50.1 Å². The summed E-state index contributed by atoms with van der Waals surface area (Å²) in [6, 6.07) is 13.3. The first-order chi connectivity index (χ1) is 13.2. The van der Waals surface area contributed by atoms with Gasteiger partial charge in [-0.25, -0.2) is 9.98 Å². The van der Waals surface area contributed by atoms with Gasteiger partial charge in [0.25, 0.3) is 0 Å². The number of nitrogens with one attached hydrogen (secondary N) is 1. The summed E-state index contributed by atoms with van der Waals surface area (Å²) in [5.74, 6) is 1.49. The maximum atomic E-state index is 11.3. The van der Waals surface area contributed by atoms with Gasteiger partial charge >= 0.3 is 0 Å². The number of benzene rings is 1. The first kappa shape index (κ1) is 18.7. The molecule has 0 saturated carbocycles. The van der Waals surface area contributed by atoms with Crippen molar-refractivity contribution in [2.75, 3.05) is 37.6 Å². The molecule has 1 aromatic carbocycles. The molecule has 1 fully saturated rings. The first-order valence-corrected chi connectivity index (χ1v) is 9.25. The molecule has 0 atom stereocenters. The SMILES string of the molecule is CCNC(=NCc1cccc(C(N)=O)c1)N1CCN(c2ccccn2)CC1. The minimum atomic E-state index is -0.418. The topological polar surface area (TPSA) is 86.8 Å². The van der Waals surface area contributed by atoms with E-state index in [1.165, 1.54) is 0 Å². The highest BCUT2D eigenvalue weighted by molar-refractivity contribution is 5.92. The van der Waals surface area contributed by atoms with Crippen LogP contribution in [0.3, 0.4) is 0 Å². The Hall–Kier alpha value is -3.09. The number of primary amides is 1. The molecule has 27 heavy (non-hydrogen) atoms. The molecule has 3 rings (SSSR count). The number of carbonyl (C=O) groups is 1. The van der Waals surface area contributed by atoms with Crippen LogP contribution in [-0.2, 0) is 6.54 Å². The van der Waals surface area contributed by atoms with E-state index in [0.29, 0.717) is 12.1 Å². The van der Waals surface area contributed by atoms with E-state index in [4.69, 9.17) is 10.7 Å². The summed E-state index contributed by atoms with van der Waals surface area (Å²) in [7, 11) is 0. The fourth-order valence-corrected chi connectivity index (χ4v) is 3.10. The van der Waals surface area contributed by atoms with Crippen molar-refractivity contribution in [2.45, 2.75) is 13.5 Å². The molecule has 1 aliphatic rings. The standard InChI is InChI=1S/C20H26N6O/c1-2-22-20(24-15-16-6-5-7-17(14-16)19(21)27)26-12-10-25(11-13-26)18-8-3-4-9-23-18/h3-9,14H,2,10-13,15H2,1H3,(H2,21,27)(H,22,24). The van der Waals surface area contributed by atoms with E-state index in [1.54, 1.807) is 12.1 Å². The van der Waals surface area contributed by atoms with Crippen molar-refractivity contribution in [2.24, 2.45) is 10.7 Å². The molecule has 0 bridgehead atoms. The molecule has 1 aliphatic heterocycles. The van der Waals surface area contributed by atoms with Crippen LogP contribution < -0.4 is 16.0 Å². The number of aliphatic imine (C=N–C) groups is 1. The van der Waals surface area contributed by atoms with Crippen molar-refractivity contribution in [1.29, 1.82) is 0 Å². The van der Waals surface area contributed by atoms with Crippen molar-refractivity contribution in [3.63, 3.8) is 0 Å². The first-order valence-electron chi connectivity index (χ1n) is 9.25. The lowest BCUT2D eigenvalue weighted by Gasteiger charge is -2.37. The monoisotopic (exact) mass is 366 g/mol. The molecule has 3 N–H and O–H groups in total. The fourth-order valence-electron chi connectivity index (χ4n) is 3.10. The highest BCUT2D eigenvalue weighted by Crippen LogP contribution is 2.13. The van der Waals surface area contributed by atoms with Crippen LogP contribution >= 0.6 is 0 Å². The molecule has 1 amide bonds. The van der Waals surface area contributed by atoms with Crippen molar-refractivity contribution < 1.29 is 4.79 Å². The van der Waals surface area contributed by atoms with E-state index in [-0.39, 0.29) is 0 Å². The molecule has 0 spiro atoms. The number of pyridine rings is 1. The number of rotatable bonds is 5. The highest BCUT2D eigenvalue weighted by atomic mass is 16.1. The van der Waals surface area contributed by atoms with Gasteiger partial charge in [-0.1, -0.05) is 18.2 Å². The minimum Gasteiger partial charge on any atom is -0.366 e. The summed E-state index contributed by atoms with van der Waals surface area (Å²) in [4.78, 5) is 25.1. The van der Waals surface area contributed by atoms with Crippen molar-refractivity contribution in [1.82, 2.24) is 15.2 Å². The van der Waals surface area contributed by atoms with Crippen LogP contribution in [0.15, 0.2) is 53.7 Å². The molecule has 2 heterocycles. The van der Waals surface area contributed by atoms with Gasteiger partial charge in [-0.3, -0.25) is 4.79 Å². The summed E-state index contributed by atoms with van der Waals surface area (Å²) in [6.45, 7) is 6.93. The normalized spacial score (nSPS) is 14.9. The largest absolute Gasteiger partial charge is 0.366 e. The van der Waals surface area contributed by atoms with Gasteiger partial charge in [0.05, 0.1) is 6.54 Å². The Balaban J connectivity index is 1.64. The summed E-state index contributed by atoms with van der Waals surface area (Å²) < 4.78 is 0. The zero-order valence-electron chi connectivity index (χ0n) is 15.6. The third-order valence-electron chi connectivity index (χ3n) is 4.51. The summed E-state index contributed by atoms with van der Waals surface area (Å²) in [6.07, 6.45) is 1.83. The van der Waals surface area contributed by atoms with E-state index < -0.39 is 5.91 Å². The Morgan fingerprint density at radius 1 is 1.19 bits per heavy atom.